The Morgan fingerprint density at radius 1 is 1.29 bits per heavy atom. The predicted octanol–water partition coefficient (Wildman–Crippen LogP) is 4.04. The lowest BCUT2D eigenvalue weighted by Crippen LogP contribution is -2.34. The Morgan fingerprint density at radius 2 is 2.05 bits per heavy atom. The van der Waals surface area contributed by atoms with E-state index in [1.807, 2.05) is 49.7 Å². The molecule has 1 N–H and O–H groups in total. The normalized spacial score (nSPS) is 15.6. The molecule has 0 aliphatic carbocycles. The predicted molar refractivity (Wildman–Crippen MR) is 80.2 cm³/mol. The maximum Gasteiger partial charge on any atom is 0.412 e. The summed E-state index contributed by atoms with van der Waals surface area (Å²) in [6.45, 7) is 10.9. The maximum atomic E-state index is 11.5. The molecule has 0 unspecified atom stereocenters. The van der Waals surface area contributed by atoms with Gasteiger partial charge < -0.3 is 9.58 Å². The van der Waals surface area contributed by atoms with Gasteiger partial charge in [0.1, 0.15) is 11.3 Å². The molecule has 0 saturated carbocycles. The minimum atomic E-state index is -0.679. The molecule has 0 radical (unpaired) electrons. The molecular weight excluding hydrogens is 266 g/mol. The van der Waals surface area contributed by atoms with Gasteiger partial charge in [-0.2, -0.15) is 0 Å². The number of nitrogens with one attached hydrogen (secondary N) is 1. The number of carbonyl (C=O) groups is 1. The van der Waals surface area contributed by atoms with Gasteiger partial charge in [0.2, 0.25) is 5.82 Å². The van der Waals surface area contributed by atoms with Crippen LogP contribution in [0.4, 0.5) is 16.3 Å². The fourth-order valence-electron chi connectivity index (χ4n) is 2.64. The van der Waals surface area contributed by atoms with Gasteiger partial charge in [-0.1, -0.05) is 6.57 Å². The molecule has 0 saturated heterocycles. The van der Waals surface area contributed by atoms with Crippen LogP contribution < -0.4 is 5.32 Å². The minimum Gasteiger partial charge on any atom is -0.438 e. The third kappa shape index (κ3) is 2.05. The zero-order valence-corrected chi connectivity index (χ0v) is 12.1. The van der Waals surface area contributed by atoms with E-state index in [0.29, 0.717) is 5.82 Å². The van der Waals surface area contributed by atoms with Crippen molar-refractivity contribution in [3.8, 4) is 11.3 Å². The third-order valence-corrected chi connectivity index (χ3v) is 3.76. The largest absolute Gasteiger partial charge is 0.438 e. The molecule has 0 spiro atoms. The lowest BCUT2D eigenvalue weighted by molar-refractivity contribution is 0.0421. The Balaban J connectivity index is 2.14. The average Bonchev–Trinajstić information content (AvgIpc) is 2.78. The molecule has 0 bridgehead atoms. The van der Waals surface area contributed by atoms with Crippen molar-refractivity contribution in [3.63, 3.8) is 0 Å². The van der Waals surface area contributed by atoms with Crippen LogP contribution in [-0.2, 0) is 17.4 Å². The van der Waals surface area contributed by atoms with Gasteiger partial charge in [-0.25, -0.2) is 4.79 Å². The monoisotopic (exact) mass is 281 g/mol. The minimum absolute atomic E-state index is 0.436. The summed E-state index contributed by atoms with van der Waals surface area (Å²) >= 11 is 0. The van der Waals surface area contributed by atoms with Crippen LogP contribution in [0.5, 0.6) is 0 Å². The van der Waals surface area contributed by atoms with Crippen molar-refractivity contribution in [3.05, 3.63) is 47.3 Å². The molecular formula is C16H15N3O2. The molecule has 5 heteroatoms. The topological polar surface area (TPSA) is 47.6 Å². The van der Waals surface area contributed by atoms with Gasteiger partial charge >= 0.3 is 6.09 Å². The highest BCUT2D eigenvalue weighted by molar-refractivity contribution is 5.89. The maximum absolute atomic E-state index is 11.5. The first-order chi connectivity index (χ1) is 9.92. The number of benzene rings is 1. The fourth-order valence-corrected chi connectivity index (χ4v) is 2.64. The summed E-state index contributed by atoms with van der Waals surface area (Å²) in [6.07, 6.45) is -0.436. The molecule has 1 aromatic heterocycles. The molecule has 0 fully saturated rings. The highest BCUT2D eigenvalue weighted by Gasteiger charge is 2.33. The average molecular weight is 281 g/mol. The van der Waals surface area contributed by atoms with Crippen LogP contribution in [0.2, 0.25) is 0 Å². The number of cyclic esters (lactones) is 1. The first kappa shape index (κ1) is 13.3. The second-order valence-corrected chi connectivity index (χ2v) is 5.53. The molecule has 2 aromatic rings. The van der Waals surface area contributed by atoms with Crippen LogP contribution in [0.25, 0.3) is 16.1 Å². The number of hydrogen-bond donors (Lipinski definition) is 1. The lowest BCUT2D eigenvalue weighted by Gasteiger charge is -2.32. The molecule has 3 rings (SSSR count). The number of ether oxygens (including phenoxy) is 1. The molecule has 1 aliphatic heterocycles. The van der Waals surface area contributed by atoms with E-state index in [0.717, 1.165) is 22.5 Å². The molecule has 2 heterocycles. The van der Waals surface area contributed by atoms with Gasteiger partial charge in [0, 0.05) is 11.1 Å². The van der Waals surface area contributed by atoms with Crippen molar-refractivity contribution < 1.29 is 9.53 Å². The number of amides is 1. The van der Waals surface area contributed by atoms with Gasteiger partial charge in [0.25, 0.3) is 0 Å². The summed E-state index contributed by atoms with van der Waals surface area (Å²) in [5.41, 5.74) is 2.95. The van der Waals surface area contributed by atoms with E-state index in [-0.39, 0.29) is 0 Å². The summed E-state index contributed by atoms with van der Waals surface area (Å²) in [6, 6.07) is 9.52. The van der Waals surface area contributed by atoms with Crippen LogP contribution in [0.3, 0.4) is 0 Å². The first-order valence-electron chi connectivity index (χ1n) is 6.60. The first-order valence-corrected chi connectivity index (χ1v) is 6.60. The third-order valence-electron chi connectivity index (χ3n) is 3.76. The van der Waals surface area contributed by atoms with Crippen LogP contribution in [0.15, 0.2) is 30.3 Å². The Hall–Kier alpha value is -2.74. The zero-order valence-electron chi connectivity index (χ0n) is 12.1. The van der Waals surface area contributed by atoms with Crippen molar-refractivity contribution in [2.45, 2.75) is 19.4 Å². The summed E-state index contributed by atoms with van der Waals surface area (Å²) in [4.78, 5) is 15.0. The smallest absolute Gasteiger partial charge is 0.412 e. The van der Waals surface area contributed by atoms with Crippen molar-refractivity contribution in [2.24, 2.45) is 7.05 Å². The molecule has 0 atom stereocenters. The number of aromatic nitrogens is 1. The molecule has 1 aromatic carbocycles. The van der Waals surface area contributed by atoms with Crippen LogP contribution in [0.1, 0.15) is 19.4 Å². The van der Waals surface area contributed by atoms with Gasteiger partial charge in [-0.15, -0.1) is 0 Å². The van der Waals surface area contributed by atoms with E-state index < -0.39 is 11.7 Å². The number of rotatable bonds is 1. The Labute approximate surface area is 123 Å². The summed E-state index contributed by atoms with van der Waals surface area (Å²) in [5.74, 6) is 0.589. The number of carbonyl (C=O) groups excluding carboxylic acids is 1. The second-order valence-electron chi connectivity index (χ2n) is 5.53. The van der Waals surface area contributed by atoms with Crippen LogP contribution in [-0.4, -0.2) is 10.7 Å². The second kappa shape index (κ2) is 4.38. The van der Waals surface area contributed by atoms with E-state index in [1.165, 1.54) is 0 Å². The van der Waals surface area contributed by atoms with E-state index in [1.54, 1.807) is 6.07 Å². The highest BCUT2D eigenvalue weighted by Crippen LogP contribution is 2.38. The molecule has 1 aliphatic rings. The molecule has 21 heavy (non-hydrogen) atoms. The highest BCUT2D eigenvalue weighted by atomic mass is 16.6. The Kier molecular flexibility index (Phi) is 2.77. The van der Waals surface area contributed by atoms with Gasteiger partial charge in [-0.3, -0.25) is 9.88 Å². The number of hydrogen-bond acceptors (Lipinski definition) is 2. The van der Waals surface area contributed by atoms with Crippen LogP contribution in [0, 0.1) is 6.57 Å². The lowest BCUT2D eigenvalue weighted by atomic mass is 9.92. The molecule has 5 nitrogen and oxygen atoms in total. The van der Waals surface area contributed by atoms with E-state index in [9.17, 15) is 4.79 Å². The van der Waals surface area contributed by atoms with Crippen LogP contribution >= 0.6 is 0 Å². The summed E-state index contributed by atoms with van der Waals surface area (Å²) < 4.78 is 7.19. The fraction of sp³-hybridized carbons (Fsp3) is 0.250. The zero-order chi connectivity index (χ0) is 15.2. The van der Waals surface area contributed by atoms with Crippen molar-refractivity contribution >= 4 is 17.6 Å². The molecule has 1 amide bonds. The Bertz CT molecular complexity index is 781. The van der Waals surface area contributed by atoms with Gasteiger partial charge in [0.05, 0.1) is 12.7 Å². The number of fused-ring (bicyclic) bond motifs is 1. The molecule has 106 valence electrons. The van der Waals surface area contributed by atoms with Gasteiger partial charge in [-0.05, 0) is 44.2 Å². The van der Waals surface area contributed by atoms with Crippen molar-refractivity contribution in [1.29, 1.82) is 0 Å². The van der Waals surface area contributed by atoms with E-state index in [2.05, 4.69) is 10.2 Å². The quantitative estimate of drug-likeness (QED) is 0.802. The summed E-state index contributed by atoms with van der Waals surface area (Å²) in [5, 5.41) is 2.71. The van der Waals surface area contributed by atoms with Crippen molar-refractivity contribution in [1.82, 2.24) is 4.57 Å². The Morgan fingerprint density at radius 3 is 2.71 bits per heavy atom. The number of anilines is 1. The SMILES string of the molecule is [C-]#[N+]c1ccc(-c2ccc3c(c2)C(C)(C)OC(=O)N3)n1C. The van der Waals surface area contributed by atoms with E-state index in [4.69, 9.17) is 11.3 Å². The van der Waals surface area contributed by atoms with E-state index >= 15 is 0 Å². The standard InChI is InChI=1S/C16H15N3O2/c1-16(2)11-9-10(5-6-12(11)18-15(20)21-16)13-7-8-14(17-3)19(13)4/h5-9H,1-2,4H3,(H,18,20). The van der Waals surface area contributed by atoms with Gasteiger partial charge in [0.15, 0.2) is 0 Å². The number of nitrogens with zero attached hydrogens (tertiary/aromatic N) is 2. The van der Waals surface area contributed by atoms with Crippen molar-refractivity contribution in [2.75, 3.05) is 5.32 Å². The summed E-state index contributed by atoms with van der Waals surface area (Å²) in [7, 11) is 1.87.